The average molecular weight is 374 g/mol. The number of aryl methyl sites for hydroxylation is 1. The van der Waals surface area contributed by atoms with E-state index >= 15 is 0 Å². The van der Waals surface area contributed by atoms with Gasteiger partial charge in [0.2, 0.25) is 5.28 Å². The van der Waals surface area contributed by atoms with Crippen molar-refractivity contribution in [2.24, 2.45) is 0 Å². The van der Waals surface area contributed by atoms with Crippen LogP contribution < -0.4 is 5.32 Å². The Balaban J connectivity index is 1.65. The molecule has 0 saturated heterocycles. The molecule has 1 heterocycles. The highest BCUT2D eigenvalue weighted by atomic mass is 35.5. The highest BCUT2D eigenvalue weighted by Crippen LogP contribution is 2.28. The number of benzene rings is 3. The predicted molar refractivity (Wildman–Crippen MR) is 112 cm³/mol. The molecule has 0 spiro atoms. The third-order valence-electron chi connectivity index (χ3n) is 4.65. The number of anilines is 1. The molecule has 1 atom stereocenters. The lowest BCUT2D eigenvalue weighted by molar-refractivity contribution is 0.690. The number of hydrogen-bond donors (Lipinski definition) is 1. The van der Waals surface area contributed by atoms with Gasteiger partial charge in [0.25, 0.3) is 0 Å². The molecule has 0 aliphatic heterocycles. The normalized spacial score (nSPS) is 12.0. The Kier molecular flexibility index (Phi) is 5.31. The molecule has 0 aliphatic rings. The average Bonchev–Trinajstić information content (AvgIpc) is 2.72. The molecule has 0 aliphatic carbocycles. The molecule has 134 valence electrons. The second-order valence-electron chi connectivity index (χ2n) is 6.49. The molecule has 0 bridgehead atoms. The van der Waals surface area contributed by atoms with E-state index in [2.05, 4.69) is 63.8 Å². The summed E-state index contributed by atoms with van der Waals surface area (Å²) in [5, 5.41) is 4.84. The second-order valence-corrected chi connectivity index (χ2v) is 6.83. The molecule has 27 heavy (non-hydrogen) atoms. The van der Waals surface area contributed by atoms with Crippen LogP contribution in [0.2, 0.25) is 5.28 Å². The Morgan fingerprint density at radius 2 is 1.44 bits per heavy atom. The fourth-order valence-electron chi connectivity index (χ4n) is 3.29. The Morgan fingerprint density at radius 1 is 0.778 bits per heavy atom. The summed E-state index contributed by atoms with van der Waals surface area (Å²) in [6, 6.07) is 29.1. The van der Waals surface area contributed by atoms with Crippen LogP contribution in [-0.2, 0) is 6.42 Å². The van der Waals surface area contributed by atoms with E-state index in [4.69, 9.17) is 11.6 Å². The highest BCUT2D eigenvalue weighted by Gasteiger charge is 2.15. The van der Waals surface area contributed by atoms with Crippen molar-refractivity contribution < 1.29 is 0 Å². The first-order valence-electron chi connectivity index (χ1n) is 9.07. The van der Waals surface area contributed by atoms with Crippen molar-refractivity contribution in [1.82, 2.24) is 9.97 Å². The van der Waals surface area contributed by atoms with Crippen LogP contribution in [0.3, 0.4) is 0 Å². The molecule has 0 radical (unpaired) electrons. The maximum atomic E-state index is 6.16. The fourth-order valence-corrected chi connectivity index (χ4v) is 3.46. The summed E-state index contributed by atoms with van der Waals surface area (Å²) in [6.07, 6.45) is 1.92. The van der Waals surface area contributed by atoms with Gasteiger partial charge in [0.1, 0.15) is 5.82 Å². The summed E-state index contributed by atoms with van der Waals surface area (Å²) < 4.78 is 0. The van der Waals surface area contributed by atoms with Gasteiger partial charge in [-0.05, 0) is 47.7 Å². The summed E-state index contributed by atoms with van der Waals surface area (Å²) in [7, 11) is 0. The second kappa shape index (κ2) is 8.19. The first kappa shape index (κ1) is 17.5. The first-order valence-corrected chi connectivity index (χ1v) is 9.45. The zero-order valence-corrected chi connectivity index (χ0v) is 15.6. The van der Waals surface area contributed by atoms with Crippen LogP contribution in [0.5, 0.6) is 0 Å². The molecule has 0 saturated carbocycles. The smallest absolute Gasteiger partial charge is 0.224 e. The van der Waals surface area contributed by atoms with Crippen molar-refractivity contribution in [3.63, 3.8) is 0 Å². The SMILES string of the molecule is Clc1nc(NC(CCc2ccccc2)c2ccccc2)c2ccccc2n1. The Morgan fingerprint density at radius 3 is 2.22 bits per heavy atom. The molecule has 4 heteroatoms. The van der Waals surface area contributed by atoms with Gasteiger partial charge in [-0.2, -0.15) is 0 Å². The van der Waals surface area contributed by atoms with Gasteiger partial charge in [0.15, 0.2) is 0 Å². The number of para-hydroxylation sites is 1. The number of hydrogen-bond acceptors (Lipinski definition) is 3. The maximum Gasteiger partial charge on any atom is 0.224 e. The molecule has 4 aromatic rings. The zero-order valence-electron chi connectivity index (χ0n) is 14.8. The lowest BCUT2D eigenvalue weighted by Gasteiger charge is -2.21. The summed E-state index contributed by atoms with van der Waals surface area (Å²) >= 11 is 6.16. The molecule has 1 unspecified atom stereocenters. The lowest BCUT2D eigenvalue weighted by Crippen LogP contribution is -2.13. The zero-order chi connectivity index (χ0) is 18.5. The minimum atomic E-state index is 0.126. The van der Waals surface area contributed by atoms with Crippen LogP contribution in [0.25, 0.3) is 10.9 Å². The van der Waals surface area contributed by atoms with E-state index in [1.165, 1.54) is 11.1 Å². The van der Waals surface area contributed by atoms with Crippen LogP contribution in [0.1, 0.15) is 23.6 Å². The summed E-state index contributed by atoms with van der Waals surface area (Å²) in [4.78, 5) is 8.79. The predicted octanol–water partition coefficient (Wildman–Crippen LogP) is 6.07. The largest absolute Gasteiger partial charge is 0.363 e. The lowest BCUT2D eigenvalue weighted by atomic mass is 9.98. The van der Waals surface area contributed by atoms with Crippen LogP contribution in [0.4, 0.5) is 5.82 Å². The van der Waals surface area contributed by atoms with Crippen molar-refractivity contribution in [2.75, 3.05) is 5.32 Å². The maximum absolute atomic E-state index is 6.16. The minimum absolute atomic E-state index is 0.126. The quantitative estimate of drug-likeness (QED) is 0.417. The summed E-state index contributed by atoms with van der Waals surface area (Å²) in [5.74, 6) is 0.771. The number of nitrogens with one attached hydrogen (secondary N) is 1. The number of nitrogens with zero attached hydrogens (tertiary/aromatic N) is 2. The first-order chi connectivity index (χ1) is 13.3. The van der Waals surface area contributed by atoms with Gasteiger partial charge in [-0.15, -0.1) is 0 Å². The van der Waals surface area contributed by atoms with Gasteiger partial charge < -0.3 is 5.32 Å². The molecular weight excluding hydrogens is 354 g/mol. The summed E-state index contributed by atoms with van der Waals surface area (Å²) in [5.41, 5.74) is 3.40. The van der Waals surface area contributed by atoms with Crippen LogP contribution in [0.15, 0.2) is 84.9 Å². The molecule has 1 N–H and O–H groups in total. The van der Waals surface area contributed by atoms with Crippen molar-refractivity contribution in [2.45, 2.75) is 18.9 Å². The number of rotatable bonds is 6. The minimum Gasteiger partial charge on any atom is -0.363 e. The van der Waals surface area contributed by atoms with Crippen molar-refractivity contribution in [1.29, 1.82) is 0 Å². The number of fused-ring (bicyclic) bond motifs is 1. The van der Waals surface area contributed by atoms with E-state index in [0.717, 1.165) is 29.6 Å². The van der Waals surface area contributed by atoms with Crippen LogP contribution >= 0.6 is 11.6 Å². The molecule has 3 aromatic carbocycles. The van der Waals surface area contributed by atoms with Crippen LogP contribution in [0, 0.1) is 0 Å². The number of aromatic nitrogens is 2. The fraction of sp³-hybridized carbons (Fsp3) is 0.130. The van der Waals surface area contributed by atoms with Crippen molar-refractivity contribution in [3.05, 3.63) is 101 Å². The topological polar surface area (TPSA) is 37.8 Å². The molecule has 0 fully saturated rings. The van der Waals surface area contributed by atoms with Crippen molar-refractivity contribution >= 4 is 28.3 Å². The standard InChI is InChI=1S/C23H20ClN3/c24-23-26-21-14-8-7-13-19(21)22(27-23)25-20(18-11-5-2-6-12-18)16-15-17-9-3-1-4-10-17/h1-14,20H,15-16H2,(H,25,26,27). The van der Waals surface area contributed by atoms with E-state index in [1.807, 2.05) is 36.4 Å². The van der Waals surface area contributed by atoms with Crippen LogP contribution in [-0.4, -0.2) is 9.97 Å². The third kappa shape index (κ3) is 4.26. The third-order valence-corrected chi connectivity index (χ3v) is 4.82. The van der Waals surface area contributed by atoms with E-state index in [0.29, 0.717) is 0 Å². The van der Waals surface area contributed by atoms with Gasteiger partial charge in [-0.3, -0.25) is 0 Å². The Hall–Kier alpha value is -2.91. The van der Waals surface area contributed by atoms with E-state index in [9.17, 15) is 0 Å². The summed E-state index contributed by atoms with van der Waals surface area (Å²) in [6.45, 7) is 0. The van der Waals surface area contributed by atoms with E-state index in [1.54, 1.807) is 0 Å². The Bertz CT molecular complexity index is 1020. The van der Waals surface area contributed by atoms with Gasteiger partial charge >= 0.3 is 0 Å². The number of halogens is 1. The Labute approximate surface area is 164 Å². The van der Waals surface area contributed by atoms with Gasteiger partial charge in [-0.25, -0.2) is 9.97 Å². The highest BCUT2D eigenvalue weighted by molar-refractivity contribution is 6.28. The van der Waals surface area contributed by atoms with Gasteiger partial charge in [0, 0.05) is 5.39 Å². The molecular formula is C23H20ClN3. The van der Waals surface area contributed by atoms with Gasteiger partial charge in [0.05, 0.1) is 11.6 Å². The van der Waals surface area contributed by atoms with E-state index in [-0.39, 0.29) is 11.3 Å². The molecule has 1 aromatic heterocycles. The van der Waals surface area contributed by atoms with Crippen molar-refractivity contribution in [3.8, 4) is 0 Å². The molecule has 4 rings (SSSR count). The van der Waals surface area contributed by atoms with Gasteiger partial charge in [-0.1, -0.05) is 72.8 Å². The monoisotopic (exact) mass is 373 g/mol. The molecule has 0 amide bonds. The molecule has 3 nitrogen and oxygen atoms in total. The van der Waals surface area contributed by atoms with E-state index < -0.39 is 0 Å².